The van der Waals surface area contributed by atoms with Crippen molar-refractivity contribution in [3.05, 3.63) is 23.8 Å². The first-order chi connectivity index (χ1) is 7.06. The van der Waals surface area contributed by atoms with E-state index in [0.717, 1.165) is 0 Å². The molecule has 0 aromatic heterocycles. The third-order valence-electron chi connectivity index (χ3n) is 1.82. The molecule has 4 heteroatoms. The number of nitrogens with two attached hydrogens (primary N) is 1. The van der Waals surface area contributed by atoms with E-state index in [4.69, 9.17) is 15.2 Å². The summed E-state index contributed by atoms with van der Waals surface area (Å²) in [6.07, 6.45) is -0.0422. The van der Waals surface area contributed by atoms with Gasteiger partial charge < -0.3 is 15.2 Å². The Morgan fingerprint density at radius 2 is 2.07 bits per heavy atom. The molecule has 1 amide bonds. The number of hydrogen-bond acceptors (Lipinski definition) is 3. The molecular weight excluding hydrogens is 194 g/mol. The topological polar surface area (TPSA) is 61.5 Å². The molecular formula is C11H15NO3. The van der Waals surface area contributed by atoms with Crippen molar-refractivity contribution in [1.29, 1.82) is 0 Å². The number of benzene rings is 1. The molecule has 4 nitrogen and oxygen atoms in total. The maximum atomic E-state index is 11.2. The Morgan fingerprint density at radius 3 is 2.53 bits per heavy atom. The lowest BCUT2D eigenvalue weighted by Crippen LogP contribution is -2.16. The average Bonchev–Trinajstić information content (AvgIpc) is 2.16. The van der Waals surface area contributed by atoms with Crippen LogP contribution in [0.2, 0.25) is 0 Å². The zero-order valence-corrected chi connectivity index (χ0v) is 9.11. The van der Waals surface area contributed by atoms with Crippen LogP contribution in [0.1, 0.15) is 24.2 Å². The maximum absolute atomic E-state index is 11.2. The highest BCUT2D eigenvalue weighted by atomic mass is 16.5. The van der Waals surface area contributed by atoms with Crippen LogP contribution >= 0.6 is 0 Å². The Hall–Kier alpha value is -1.71. The molecule has 1 rings (SSSR count). The molecule has 0 heterocycles. The summed E-state index contributed by atoms with van der Waals surface area (Å²) in [5.41, 5.74) is 5.58. The van der Waals surface area contributed by atoms with Crippen molar-refractivity contribution in [1.82, 2.24) is 0 Å². The Bertz CT molecular complexity index is 361. The Labute approximate surface area is 89.0 Å². The lowest BCUT2D eigenvalue weighted by atomic mass is 10.1. The highest BCUT2D eigenvalue weighted by molar-refractivity contribution is 5.96. The average molecular weight is 209 g/mol. The lowest BCUT2D eigenvalue weighted by Gasteiger charge is -2.15. The molecule has 0 radical (unpaired) electrons. The minimum absolute atomic E-state index is 0.0422. The smallest absolute Gasteiger partial charge is 0.252 e. The third-order valence-corrected chi connectivity index (χ3v) is 1.82. The summed E-state index contributed by atoms with van der Waals surface area (Å²) < 4.78 is 10.6. The summed E-state index contributed by atoms with van der Waals surface area (Å²) in [5.74, 6) is 0.395. The van der Waals surface area contributed by atoms with Crippen LogP contribution in [0.5, 0.6) is 11.5 Å². The number of para-hydroxylation sites is 1. The molecule has 0 aliphatic heterocycles. The second-order valence-electron chi connectivity index (χ2n) is 3.37. The summed E-state index contributed by atoms with van der Waals surface area (Å²) in [5, 5.41) is 0. The summed E-state index contributed by atoms with van der Waals surface area (Å²) >= 11 is 0. The molecule has 0 atom stereocenters. The van der Waals surface area contributed by atoms with Gasteiger partial charge >= 0.3 is 0 Å². The van der Waals surface area contributed by atoms with Gasteiger partial charge in [0.2, 0.25) is 0 Å². The summed E-state index contributed by atoms with van der Waals surface area (Å²) in [4.78, 5) is 11.2. The van der Waals surface area contributed by atoms with Crippen LogP contribution in [0.3, 0.4) is 0 Å². The standard InChI is InChI=1S/C11H15NO3/c1-7(2)15-10-8(11(12)13)5-4-6-9(10)14-3/h4-7H,1-3H3,(H2,12,13). The first-order valence-corrected chi connectivity index (χ1v) is 4.69. The van der Waals surface area contributed by atoms with Crippen molar-refractivity contribution in [2.75, 3.05) is 7.11 Å². The van der Waals surface area contributed by atoms with E-state index >= 15 is 0 Å². The molecule has 0 aliphatic carbocycles. The summed E-state index contributed by atoms with van der Waals surface area (Å²) in [6.45, 7) is 3.74. The van der Waals surface area contributed by atoms with Crippen molar-refractivity contribution < 1.29 is 14.3 Å². The number of hydrogen-bond donors (Lipinski definition) is 1. The molecule has 0 bridgehead atoms. The number of carbonyl (C=O) groups is 1. The van der Waals surface area contributed by atoms with Gasteiger partial charge in [0.05, 0.1) is 18.8 Å². The number of amides is 1. The van der Waals surface area contributed by atoms with E-state index in [9.17, 15) is 4.79 Å². The molecule has 0 saturated carbocycles. The van der Waals surface area contributed by atoms with E-state index in [2.05, 4.69) is 0 Å². The summed E-state index contributed by atoms with van der Waals surface area (Å²) in [6, 6.07) is 5.04. The minimum atomic E-state index is -0.524. The van der Waals surface area contributed by atoms with Crippen LogP contribution in [0.25, 0.3) is 0 Å². The number of ether oxygens (including phenoxy) is 2. The predicted molar refractivity (Wildman–Crippen MR) is 57.3 cm³/mol. The fraction of sp³-hybridized carbons (Fsp3) is 0.364. The fourth-order valence-electron chi connectivity index (χ4n) is 1.23. The van der Waals surface area contributed by atoms with E-state index < -0.39 is 5.91 Å². The quantitative estimate of drug-likeness (QED) is 0.818. The lowest BCUT2D eigenvalue weighted by molar-refractivity contribution is 0.0993. The van der Waals surface area contributed by atoms with Crippen LogP contribution in [0, 0.1) is 0 Å². The zero-order valence-electron chi connectivity index (χ0n) is 9.11. The SMILES string of the molecule is COc1cccc(C(N)=O)c1OC(C)C. The van der Waals surface area contributed by atoms with Gasteiger partial charge in [-0.05, 0) is 26.0 Å². The van der Waals surface area contributed by atoms with Crippen molar-refractivity contribution in [2.45, 2.75) is 20.0 Å². The van der Waals surface area contributed by atoms with Crippen molar-refractivity contribution in [3.8, 4) is 11.5 Å². The molecule has 0 unspecified atom stereocenters. The van der Waals surface area contributed by atoms with Gasteiger partial charge in [-0.15, -0.1) is 0 Å². The van der Waals surface area contributed by atoms with E-state index in [1.54, 1.807) is 18.2 Å². The second-order valence-corrected chi connectivity index (χ2v) is 3.37. The number of primary amides is 1. The molecule has 15 heavy (non-hydrogen) atoms. The first kappa shape index (κ1) is 11.4. The normalized spacial score (nSPS) is 10.1. The number of carbonyl (C=O) groups excluding carboxylic acids is 1. The largest absolute Gasteiger partial charge is 0.493 e. The number of rotatable bonds is 4. The van der Waals surface area contributed by atoms with Crippen LogP contribution in [0.4, 0.5) is 0 Å². The minimum Gasteiger partial charge on any atom is -0.493 e. The van der Waals surface area contributed by atoms with E-state index in [1.807, 2.05) is 13.8 Å². The molecule has 1 aromatic rings. The molecule has 2 N–H and O–H groups in total. The van der Waals surface area contributed by atoms with Gasteiger partial charge in [0.25, 0.3) is 5.91 Å². The van der Waals surface area contributed by atoms with Gasteiger partial charge in [0.15, 0.2) is 11.5 Å². The fourth-order valence-corrected chi connectivity index (χ4v) is 1.23. The van der Waals surface area contributed by atoms with Crippen LogP contribution in [-0.4, -0.2) is 19.1 Å². The van der Waals surface area contributed by atoms with Crippen LogP contribution < -0.4 is 15.2 Å². The Kier molecular flexibility index (Phi) is 3.55. The van der Waals surface area contributed by atoms with Crippen molar-refractivity contribution in [2.24, 2.45) is 5.73 Å². The van der Waals surface area contributed by atoms with E-state index in [0.29, 0.717) is 17.1 Å². The van der Waals surface area contributed by atoms with Gasteiger partial charge in [-0.1, -0.05) is 6.07 Å². The zero-order chi connectivity index (χ0) is 11.4. The third kappa shape index (κ3) is 2.62. The number of methoxy groups -OCH3 is 1. The van der Waals surface area contributed by atoms with Crippen LogP contribution in [-0.2, 0) is 0 Å². The van der Waals surface area contributed by atoms with Gasteiger partial charge in [-0.3, -0.25) is 4.79 Å². The van der Waals surface area contributed by atoms with Gasteiger partial charge in [-0.25, -0.2) is 0 Å². The molecule has 0 aliphatic rings. The molecule has 0 fully saturated rings. The maximum Gasteiger partial charge on any atom is 0.252 e. The first-order valence-electron chi connectivity index (χ1n) is 4.69. The highest BCUT2D eigenvalue weighted by Crippen LogP contribution is 2.31. The Balaban J connectivity index is 3.20. The van der Waals surface area contributed by atoms with Crippen LogP contribution in [0.15, 0.2) is 18.2 Å². The molecule has 1 aromatic carbocycles. The van der Waals surface area contributed by atoms with Gasteiger partial charge in [0, 0.05) is 0 Å². The highest BCUT2D eigenvalue weighted by Gasteiger charge is 2.15. The van der Waals surface area contributed by atoms with Crippen molar-refractivity contribution in [3.63, 3.8) is 0 Å². The second kappa shape index (κ2) is 4.68. The Morgan fingerprint density at radius 1 is 1.40 bits per heavy atom. The van der Waals surface area contributed by atoms with E-state index in [1.165, 1.54) is 7.11 Å². The van der Waals surface area contributed by atoms with Gasteiger partial charge in [-0.2, -0.15) is 0 Å². The molecule has 0 saturated heterocycles. The van der Waals surface area contributed by atoms with Crippen molar-refractivity contribution >= 4 is 5.91 Å². The summed E-state index contributed by atoms with van der Waals surface area (Å²) in [7, 11) is 1.52. The van der Waals surface area contributed by atoms with Gasteiger partial charge in [0.1, 0.15) is 0 Å². The molecule has 0 spiro atoms. The monoisotopic (exact) mass is 209 g/mol. The van der Waals surface area contributed by atoms with E-state index in [-0.39, 0.29) is 6.10 Å². The molecule has 82 valence electrons. The predicted octanol–water partition coefficient (Wildman–Crippen LogP) is 1.58.